The van der Waals surface area contributed by atoms with Crippen molar-refractivity contribution in [3.63, 3.8) is 0 Å². The summed E-state index contributed by atoms with van der Waals surface area (Å²) in [7, 11) is -1.13. The number of aromatic nitrogens is 1. The van der Waals surface area contributed by atoms with Crippen molar-refractivity contribution in [3.8, 4) is 11.5 Å². The first-order chi connectivity index (χ1) is 24.2. The van der Waals surface area contributed by atoms with Gasteiger partial charge in [0.2, 0.25) is 11.8 Å². The lowest BCUT2D eigenvalue weighted by Crippen LogP contribution is -2.46. The summed E-state index contributed by atoms with van der Waals surface area (Å²) in [6.07, 6.45) is 6.16. The van der Waals surface area contributed by atoms with E-state index in [4.69, 9.17) is 14.5 Å². The lowest BCUT2D eigenvalue weighted by molar-refractivity contribution is -0.141. The molecule has 12 heteroatoms. The number of pyridine rings is 1. The minimum absolute atomic E-state index is 0.0494. The van der Waals surface area contributed by atoms with Gasteiger partial charge in [-0.05, 0) is 110 Å². The summed E-state index contributed by atoms with van der Waals surface area (Å²) >= 11 is 3.49. The van der Waals surface area contributed by atoms with E-state index in [1.165, 1.54) is 4.90 Å². The summed E-state index contributed by atoms with van der Waals surface area (Å²) in [4.78, 5) is 44.6. The maximum Gasteiger partial charge on any atom is 0.455 e. The van der Waals surface area contributed by atoms with E-state index < -0.39 is 36.9 Å². The molecule has 0 spiro atoms. The summed E-state index contributed by atoms with van der Waals surface area (Å²) in [5.74, 6) is -2.13. The number of phenols is 1. The van der Waals surface area contributed by atoms with Crippen LogP contribution in [0.3, 0.4) is 0 Å². The number of halogens is 1. The van der Waals surface area contributed by atoms with Crippen molar-refractivity contribution in [2.75, 3.05) is 13.2 Å². The Morgan fingerprint density at radius 2 is 1.82 bits per heavy atom. The highest BCUT2D eigenvalue weighted by molar-refractivity contribution is 9.10. The number of imide groups is 1. The number of aromatic hydroxyl groups is 1. The fourth-order valence-electron chi connectivity index (χ4n) is 7.53. The predicted octanol–water partition coefficient (Wildman–Crippen LogP) is 6.39. The Kier molecular flexibility index (Phi) is 11.5. The molecule has 1 aliphatic carbocycles. The molecule has 3 aliphatic rings. The fourth-order valence-corrected chi connectivity index (χ4v) is 7.91. The molecule has 260 valence electrons. The van der Waals surface area contributed by atoms with Crippen LogP contribution in [0.4, 0.5) is 0 Å². The van der Waals surface area contributed by atoms with E-state index in [0.29, 0.717) is 49.8 Å². The van der Waals surface area contributed by atoms with Crippen molar-refractivity contribution < 1.29 is 39.0 Å². The highest BCUT2D eigenvalue weighted by Crippen LogP contribution is 2.51. The van der Waals surface area contributed by atoms with E-state index in [0.717, 1.165) is 26.9 Å². The van der Waals surface area contributed by atoms with Gasteiger partial charge in [0.05, 0.1) is 23.6 Å². The lowest BCUT2D eigenvalue weighted by atomic mass is 9.58. The van der Waals surface area contributed by atoms with E-state index in [1.54, 1.807) is 18.3 Å². The van der Waals surface area contributed by atoms with Gasteiger partial charge in [0, 0.05) is 29.2 Å². The Labute approximate surface area is 300 Å². The number of nitrogens with zero attached hydrogens (tertiary/aromatic N) is 2. The molecule has 2 fully saturated rings. The van der Waals surface area contributed by atoms with Gasteiger partial charge in [0.25, 0.3) is 0 Å². The van der Waals surface area contributed by atoms with Crippen LogP contribution in [-0.2, 0) is 19.0 Å². The van der Waals surface area contributed by atoms with Gasteiger partial charge in [-0.15, -0.1) is 0 Å². The van der Waals surface area contributed by atoms with Crippen LogP contribution in [0.25, 0.3) is 11.6 Å². The van der Waals surface area contributed by atoms with Crippen molar-refractivity contribution in [1.82, 2.24) is 9.88 Å². The Hall–Kier alpha value is -4.26. The van der Waals surface area contributed by atoms with Crippen LogP contribution in [0.15, 0.2) is 88.5 Å². The van der Waals surface area contributed by atoms with Crippen LogP contribution in [0.5, 0.6) is 11.5 Å². The van der Waals surface area contributed by atoms with Gasteiger partial charge in [0.1, 0.15) is 18.1 Å². The molecule has 3 aromatic rings. The average Bonchev–Trinajstić information content (AvgIpc) is 3.35. The third-order valence-electron chi connectivity index (χ3n) is 9.82. The summed E-state index contributed by atoms with van der Waals surface area (Å²) in [5, 5.41) is 30.7. The zero-order chi connectivity index (χ0) is 35.2. The molecule has 1 aromatic heterocycles. The molecule has 0 saturated carbocycles. The average molecular weight is 743 g/mol. The molecule has 3 heterocycles. The second-order valence-electron chi connectivity index (χ2n) is 13.1. The number of ether oxygens (including phenoxy) is 1. The number of fused-ring (bicyclic) bond motifs is 3. The number of benzene rings is 2. The Balaban J connectivity index is 1.30. The Bertz CT molecular complexity index is 1770. The standard InChI is InChI=1S/C38H40BBrN2O8/c40-27-14-15-32(43)25(20-27)19-24(31-11-6-7-17-41-31)13-16-33-35-26(23-49-28-9-3-1-4-10-28)21-29-36(30(35)22-39(48)50-33)38(47)42(37(29)46)18-8-2-5-12-34(44)45/h1,3-4,6-7,9-11,14-15,17,19-20,29-30,33,36,43,48H,2,5,8,12-13,16,18,21-23H2,(H,44,45)/b24-19-/t29-,30+,33-,36-/m1/s1. The summed E-state index contributed by atoms with van der Waals surface area (Å²) in [5.41, 5.74) is 4.02. The van der Waals surface area contributed by atoms with Crippen LogP contribution in [0.2, 0.25) is 6.32 Å². The molecule has 2 saturated heterocycles. The first-order valence-electron chi connectivity index (χ1n) is 17.1. The number of para-hydroxylation sites is 1. The van der Waals surface area contributed by atoms with Crippen LogP contribution in [-0.4, -0.2) is 69.3 Å². The second-order valence-corrected chi connectivity index (χ2v) is 14.0. The van der Waals surface area contributed by atoms with Crippen molar-refractivity contribution >= 4 is 52.5 Å². The van der Waals surface area contributed by atoms with Crippen molar-refractivity contribution in [3.05, 3.63) is 99.8 Å². The minimum Gasteiger partial charge on any atom is -0.507 e. The molecule has 0 radical (unpaired) electrons. The van der Waals surface area contributed by atoms with Gasteiger partial charge in [-0.2, -0.15) is 0 Å². The summed E-state index contributed by atoms with van der Waals surface area (Å²) in [6.45, 7) is 0.450. The number of allylic oxidation sites excluding steroid dienone is 1. The highest BCUT2D eigenvalue weighted by atomic mass is 79.9. The Morgan fingerprint density at radius 1 is 1.02 bits per heavy atom. The van der Waals surface area contributed by atoms with Crippen LogP contribution >= 0.6 is 15.9 Å². The summed E-state index contributed by atoms with van der Waals surface area (Å²) < 4.78 is 13.3. The topological polar surface area (TPSA) is 146 Å². The van der Waals surface area contributed by atoms with Crippen LogP contribution in [0, 0.1) is 17.8 Å². The Morgan fingerprint density at radius 3 is 2.58 bits per heavy atom. The van der Waals surface area contributed by atoms with E-state index in [1.807, 2.05) is 60.7 Å². The molecule has 0 unspecified atom stereocenters. The van der Waals surface area contributed by atoms with E-state index in [9.17, 15) is 24.5 Å². The highest BCUT2D eigenvalue weighted by Gasteiger charge is 2.57. The number of hydrogen-bond donors (Lipinski definition) is 3. The van der Waals surface area contributed by atoms with Crippen molar-refractivity contribution in [1.29, 1.82) is 0 Å². The molecular formula is C38H40BBrN2O8. The molecule has 2 aliphatic heterocycles. The predicted molar refractivity (Wildman–Crippen MR) is 192 cm³/mol. The number of amides is 2. The largest absolute Gasteiger partial charge is 0.507 e. The SMILES string of the molecule is O=C(O)CCCCCN1C(=O)[C@@H]2[C@@H](CC(COc3ccccc3)=C3[C@@H](CC/C(=C/c4cc(Br)ccc4O)c4ccccn4)OB(O)C[C@@H]32)C1=O. The normalized spacial score (nSPS) is 22.1. The lowest BCUT2D eigenvalue weighted by Gasteiger charge is -2.43. The molecule has 2 aromatic carbocycles. The zero-order valence-corrected chi connectivity index (χ0v) is 29.2. The molecule has 4 atom stereocenters. The fraction of sp³-hybridized carbons (Fsp3) is 0.368. The minimum atomic E-state index is -1.13. The maximum atomic E-state index is 14.0. The number of carbonyl (C=O) groups excluding carboxylic acids is 2. The molecule has 2 amide bonds. The number of carboxylic acids is 1. The smallest absolute Gasteiger partial charge is 0.455 e. The zero-order valence-electron chi connectivity index (χ0n) is 27.6. The first-order valence-corrected chi connectivity index (χ1v) is 17.9. The van der Waals surface area contributed by atoms with Crippen LogP contribution in [0.1, 0.15) is 56.2 Å². The number of carboxylic acid groups (broad SMARTS) is 1. The van der Waals surface area contributed by atoms with Gasteiger partial charge >= 0.3 is 13.1 Å². The molecule has 3 N–H and O–H groups in total. The molecule has 10 nitrogen and oxygen atoms in total. The number of rotatable bonds is 14. The van der Waals surface area contributed by atoms with Gasteiger partial charge < -0.3 is 24.6 Å². The van der Waals surface area contributed by atoms with Gasteiger partial charge in [-0.1, -0.05) is 46.6 Å². The second kappa shape index (κ2) is 16.2. The van der Waals surface area contributed by atoms with Crippen LogP contribution < -0.4 is 4.74 Å². The quantitative estimate of drug-likeness (QED) is 0.0740. The van der Waals surface area contributed by atoms with Gasteiger partial charge in [-0.25, -0.2) is 0 Å². The van der Waals surface area contributed by atoms with E-state index in [2.05, 4.69) is 20.9 Å². The molecule has 50 heavy (non-hydrogen) atoms. The van der Waals surface area contributed by atoms with E-state index in [-0.39, 0.29) is 43.5 Å². The van der Waals surface area contributed by atoms with Crippen molar-refractivity contribution in [2.45, 2.75) is 57.4 Å². The van der Waals surface area contributed by atoms with Gasteiger partial charge in [-0.3, -0.25) is 24.3 Å². The number of aliphatic carboxylic acids is 1. The number of hydrogen-bond acceptors (Lipinski definition) is 8. The number of phenolic OH excluding ortho intramolecular Hbond substituents is 1. The summed E-state index contributed by atoms with van der Waals surface area (Å²) in [6, 6.07) is 20.3. The van der Waals surface area contributed by atoms with E-state index >= 15 is 0 Å². The van der Waals surface area contributed by atoms with Gasteiger partial charge in [0.15, 0.2) is 0 Å². The third kappa shape index (κ3) is 8.20. The number of likely N-dealkylation sites (tertiary alicyclic amines) is 1. The monoisotopic (exact) mass is 742 g/mol. The molecule has 0 bridgehead atoms. The molecular weight excluding hydrogens is 703 g/mol. The maximum absolute atomic E-state index is 14.0. The third-order valence-corrected chi connectivity index (χ3v) is 10.3. The van der Waals surface area contributed by atoms with Crippen molar-refractivity contribution in [2.24, 2.45) is 17.8 Å². The molecule has 6 rings (SSSR count). The number of carbonyl (C=O) groups is 3. The first kappa shape index (κ1) is 35.6. The number of unbranched alkanes of at least 4 members (excludes halogenated alkanes) is 2.